The molecule has 2 amide bonds. The molecule has 116 valence electrons. The molecule has 1 aromatic carbocycles. The smallest absolute Gasteiger partial charge is 0.319 e. The summed E-state index contributed by atoms with van der Waals surface area (Å²) in [4.78, 5) is 22.3. The van der Waals surface area contributed by atoms with Crippen molar-refractivity contribution in [3.8, 4) is 0 Å². The highest BCUT2D eigenvalue weighted by molar-refractivity contribution is 5.90. The van der Waals surface area contributed by atoms with Crippen molar-refractivity contribution in [3.63, 3.8) is 0 Å². The fraction of sp³-hybridized carbons (Fsp3) is 0.312. The minimum atomic E-state index is -0.245. The SMILES string of the molecule is CCc1ccccc1NC(=O)NCc1ccnc(N(C)C)n1. The van der Waals surface area contributed by atoms with Crippen LogP contribution in [0.1, 0.15) is 18.2 Å². The molecule has 1 heterocycles. The summed E-state index contributed by atoms with van der Waals surface area (Å²) in [5.74, 6) is 0.621. The molecule has 2 rings (SSSR count). The minimum absolute atomic E-state index is 0.245. The molecule has 1 aromatic heterocycles. The summed E-state index contributed by atoms with van der Waals surface area (Å²) >= 11 is 0. The second-order valence-electron chi connectivity index (χ2n) is 5.06. The third-order valence-electron chi connectivity index (χ3n) is 3.18. The monoisotopic (exact) mass is 299 g/mol. The summed E-state index contributed by atoms with van der Waals surface area (Å²) in [7, 11) is 3.75. The Morgan fingerprint density at radius 3 is 2.73 bits per heavy atom. The molecule has 0 spiro atoms. The normalized spacial score (nSPS) is 10.1. The minimum Gasteiger partial charge on any atom is -0.347 e. The summed E-state index contributed by atoms with van der Waals surface area (Å²) in [5.41, 5.74) is 2.70. The molecule has 2 N–H and O–H groups in total. The maximum atomic E-state index is 12.0. The maximum Gasteiger partial charge on any atom is 0.319 e. The number of aryl methyl sites for hydroxylation is 1. The highest BCUT2D eigenvalue weighted by atomic mass is 16.2. The van der Waals surface area contributed by atoms with Crippen LogP contribution < -0.4 is 15.5 Å². The second kappa shape index (κ2) is 7.40. The number of nitrogens with zero attached hydrogens (tertiary/aromatic N) is 3. The molecule has 6 nitrogen and oxygen atoms in total. The molecule has 22 heavy (non-hydrogen) atoms. The Morgan fingerprint density at radius 1 is 1.23 bits per heavy atom. The Balaban J connectivity index is 1.94. The quantitative estimate of drug-likeness (QED) is 0.889. The second-order valence-corrected chi connectivity index (χ2v) is 5.06. The largest absolute Gasteiger partial charge is 0.347 e. The lowest BCUT2D eigenvalue weighted by atomic mass is 10.1. The predicted octanol–water partition coefficient (Wildman–Crippen LogP) is 2.43. The van der Waals surface area contributed by atoms with E-state index < -0.39 is 0 Å². The van der Waals surface area contributed by atoms with Gasteiger partial charge < -0.3 is 15.5 Å². The van der Waals surface area contributed by atoms with Crippen LogP contribution in [-0.4, -0.2) is 30.1 Å². The number of benzene rings is 1. The van der Waals surface area contributed by atoms with E-state index >= 15 is 0 Å². The molecule has 6 heteroatoms. The molecular weight excluding hydrogens is 278 g/mol. The first-order chi connectivity index (χ1) is 10.6. The zero-order chi connectivity index (χ0) is 15.9. The van der Waals surface area contributed by atoms with Crippen LogP contribution in [0.3, 0.4) is 0 Å². The number of rotatable bonds is 5. The van der Waals surface area contributed by atoms with E-state index in [2.05, 4.69) is 27.5 Å². The van der Waals surface area contributed by atoms with Crippen LogP contribution in [0.4, 0.5) is 16.4 Å². The van der Waals surface area contributed by atoms with E-state index in [0.29, 0.717) is 12.5 Å². The van der Waals surface area contributed by atoms with Crippen molar-refractivity contribution in [2.45, 2.75) is 19.9 Å². The van der Waals surface area contributed by atoms with Crippen LogP contribution in [0.25, 0.3) is 0 Å². The van der Waals surface area contributed by atoms with E-state index in [1.165, 1.54) is 0 Å². The van der Waals surface area contributed by atoms with E-state index in [0.717, 1.165) is 23.4 Å². The molecule has 0 aliphatic carbocycles. The number of carbonyl (C=O) groups excluding carboxylic acids is 1. The third kappa shape index (κ3) is 4.18. The van der Waals surface area contributed by atoms with Crippen molar-refractivity contribution in [2.24, 2.45) is 0 Å². The number of urea groups is 1. The Bertz CT molecular complexity index is 642. The average Bonchev–Trinajstić information content (AvgIpc) is 2.53. The summed E-state index contributed by atoms with van der Waals surface area (Å²) < 4.78 is 0. The van der Waals surface area contributed by atoms with Gasteiger partial charge in [-0.1, -0.05) is 25.1 Å². The van der Waals surface area contributed by atoms with Crippen molar-refractivity contribution in [1.29, 1.82) is 0 Å². The van der Waals surface area contributed by atoms with E-state index in [4.69, 9.17) is 0 Å². The standard InChI is InChI=1S/C16H21N5O/c1-4-12-7-5-6-8-14(12)20-16(22)18-11-13-9-10-17-15(19-13)21(2)3/h5-10H,4,11H2,1-3H3,(H2,18,20,22). The first-order valence-corrected chi connectivity index (χ1v) is 7.22. The van der Waals surface area contributed by atoms with Crippen LogP contribution in [0, 0.1) is 0 Å². The number of para-hydroxylation sites is 1. The van der Waals surface area contributed by atoms with E-state index in [1.807, 2.05) is 43.3 Å². The van der Waals surface area contributed by atoms with Crippen molar-refractivity contribution in [1.82, 2.24) is 15.3 Å². The Hall–Kier alpha value is -2.63. The number of nitrogens with one attached hydrogen (secondary N) is 2. The lowest BCUT2D eigenvalue weighted by Crippen LogP contribution is -2.29. The molecule has 0 bridgehead atoms. The number of aromatic nitrogens is 2. The van der Waals surface area contributed by atoms with Crippen LogP contribution >= 0.6 is 0 Å². The summed E-state index contributed by atoms with van der Waals surface area (Å²) in [5, 5.41) is 5.67. The number of hydrogen-bond donors (Lipinski definition) is 2. The molecule has 0 atom stereocenters. The highest BCUT2D eigenvalue weighted by Gasteiger charge is 2.06. The summed E-state index contributed by atoms with van der Waals surface area (Å²) in [6.07, 6.45) is 2.55. The van der Waals surface area contributed by atoms with Gasteiger partial charge in [-0.25, -0.2) is 14.8 Å². The summed E-state index contributed by atoms with van der Waals surface area (Å²) in [6, 6.07) is 9.31. The van der Waals surface area contributed by atoms with Gasteiger partial charge in [0.05, 0.1) is 12.2 Å². The molecule has 0 aliphatic heterocycles. The first-order valence-electron chi connectivity index (χ1n) is 7.22. The predicted molar refractivity (Wildman–Crippen MR) is 88.0 cm³/mol. The van der Waals surface area contributed by atoms with Crippen molar-refractivity contribution in [3.05, 3.63) is 47.8 Å². The van der Waals surface area contributed by atoms with E-state index in [1.54, 1.807) is 12.3 Å². The molecule has 2 aromatic rings. The van der Waals surface area contributed by atoms with Gasteiger partial charge in [-0.05, 0) is 24.1 Å². The molecule has 0 unspecified atom stereocenters. The fourth-order valence-electron chi connectivity index (χ4n) is 1.99. The van der Waals surface area contributed by atoms with Gasteiger partial charge in [-0.15, -0.1) is 0 Å². The number of hydrogen-bond acceptors (Lipinski definition) is 4. The molecule has 0 saturated carbocycles. The van der Waals surface area contributed by atoms with Gasteiger partial charge in [0.15, 0.2) is 0 Å². The first kappa shape index (κ1) is 15.8. The van der Waals surface area contributed by atoms with Crippen molar-refractivity contribution >= 4 is 17.7 Å². The fourth-order valence-corrected chi connectivity index (χ4v) is 1.99. The Kier molecular flexibility index (Phi) is 5.30. The Morgan fingerprint density at radius 2 is 2.00 bits per heavy atom. The van der Waals surface area contributed by atoms with Gasteiger partial charge in [0.1, 0.15) is 0 Å². The van der Waals surface area contributed by atoms with Crippen LogP contribution in [-0.2, 0) is 13.0 Å². The number of carbonyl (C=O) groups is 1. The van der Waals surface area contributed by atoms with Crippen LogP contribution in [0.15, 0.2) is 36.5 Å². The van der Waals surface area contributed by atoms with Crippen molar-refractivity contribution in [2.75, 3.05) is 24.3 Å². The van der Waals surface area contributed by atoms with E-state index in [9.17, 15) is 4.79 Å². The molecule has 0 saturated heterocycles. The topological polar surface area (TPSA) is 70.2 Å². The Labute approximate surface area is 130 Å². The zero-order valence-electron chi connectivity index (χ0n) is 13.1. The average molecular weight is 299 g/mol. The van der Waals surface area contributed by atoms with Crippen molar-refractivity contribution < 1.29 is 4.79 Å². The number of amides is 2. The third-order valence-corrected chi connectivity index (χ3v) is 3.18. The zero-order valence-corrected chi connectivity index (χ0v) is 13.1. The lowest BCUT2D eigenvalue weighted by Gasteiger charge is -2.12. The van der Waals surface area contributed by atoms with E-state index in [-0.39, 0.29) is 6.03 Å². The number of anilines is 2. The molecular formula is C16H21N5O. The van der Waals surface area contributed by atoms with Gasteiger partial charge in [0.2, 0.25) is 5.95 Å². The molecule has 0 aliphatic rings. The molecule has 0 radical (unpaired) electrons. The summed E-state index contributed by atoms with van der Waals surface area (Å²) in [6.45, 7) is 2.41. The van der Waals surface area contributed by atoms with Gasteiger partial charge in [0, 0.05) is 26.0 Å². The van der Waals surface area contributed by atoms with Gasteiger partial charge in [-0.3, -0.25) is 0 Å². The maximum absolute atomic E-state index is 12.0. The van der Waals surface area contributed by atoms with Gasteiger partial charge in [-0.2, -0.15) is 0 Å². The van der Waals surface area contributed by atoms with Crippen LogP contribution in [0.5, 0.6) is 0 Å². The lowest BCUT2D eigenvalue weighted by molar-refractivity contribution is 0.251. The molecule has 0 fully saturated rings. The van der Waals surface area contributed by atoms with Crippen LogP contribution in [0.2, 0.25) is 0 Å². The van der Waals surface area contributed by atoms with Gasteiger partial charge in [0.25, 0.3) is 0 Å². The van der Waals surface area contributed by atoms with Gasteiger partial charge >= 0.3 is 6.03 Å². The highest BCUT2D eigenvalue weighted by Crippen LogP contribution is 2.15.